The van der Waals surface area contributed by atoms with Crippen molar-refractivity contribution in [2.24, 2.45) is 17.8 Å². The van der Waals surface area contributed by atoms with Crippen molar-refractivity contribution in [3.05, 3.63) is 35.4 Å². The van der Waals surface area contributed by atoms with Gasteiger partial charge in [0.25, 0.3) is 0 Å². The number of carbonyl (C=O) groups is 1. The molecular weight excluding hydrogens is 661 g/mol. The van der Waals surface area contributed by atoms with E-state index in [9.17, 15) is 70.7 Å². The SMILES string of the molecule is CCCCC1CCC(C2CCC(c3ccc(C(=O)C(F)(F)C(F)(F)C(F)(F)C(F)(F)C(F)(F)C(F)(F)C(F)(F)F)cc3)CC2)CC1. The monoisotopic (exact) mass is 694 g/mol. The zero-order valence-corrected chi connectivity index (χ0v) is 24.5. The van der Waals surface area contributed by atoms with Gasteiger partial charge in [0.1, 0.15) is 0 Å². The highest BCUT2D eigenvalue weighted by molar-refractivity contribution is 6.02. The van der Waals surface area contributed by atoms with Crippen LogP contribution in [0.5, 0.6) is 0 Å². The van der Waals surface area contributed by atoms with Crippen LogP contribution in [0.1, 0.15) is 99.4 Å². The third-order valence-corrected chi connectivity index (χ3v) is 9.55. The Hall–Kier alpha value is -2.16. The lowest BCUT2D eigenvalue weighted by molar-refractivity contribution is -0.449. The summed E-state index contributed by atoms with van der Waals surface area (Å²) in [6.07, 6.45) is 3.40. The summed E-state index contributed by atoms with van der Waals surface area (Å²) < 4.78 is 202. The maximum atomic E-state index is 14.4. The molecule has 0 aliphatic heterocycles. The summed E-state index contributed by atoms with van der Waals surface area (Å²) in [7, 11) is 0. The fourth-order valence-corrected chi connectivity index (χ4v) is 6.56. The summed E-state index contributed by atoms with van der Waals surface area (Å²) in [6.45, 7) is 2.14. The predicted octanol–water partition coefficient (Wildman–Crippen LogP) is 11.5. The number of alkyl halides is 15. The molecule has 264 valence electrons. The molecule has 0 N–H and O–H groups in total. The highest BCUT2D eigenvalue weighted by Gasteiger charge is 2.94. The van der Waals surface area contributed by atoms with E-state index in [2.05, 4.69) is 6.92 Å². The summed E-state index contributed by atoms with van der Waals surface area (Å²) in [5, 5.41) is 0. The zero-order valence-electron chi connectivity index (χ0n) is 24.5. The number of halogens is 15. The number of rotatable bonds is 12. The van der Waals surface area contributed by atoms with Crippen LogP contribution in [0.25, 0.3) is 0 Å². The van der Waals surface area contributed by atoms with Crippen molar-refractivity contribution in [2.45, 2.75) is 125 Å². The molecule has 0 radical (unpaired) electrons. The fourth-order valence-electron chi connectivity index (χ4n) is 6.56. The number of hydrogen-bond donors (Lipinski definition) is 0. The third kappa shape index (κ3) is 6.47. The standard InChI is InChI=1S/C30H33F15O/c1-2-3-4-17-5-7-18(8-6-17)19-9-11-20(12-10-19)21-13-15-22(16-14-21)23(46)24(31,32)25(33,34)26(35,36)27(37,38)28(39,40)29(41,42)30(43,44)45/h13-20H,2-12H2,1H3. The number of carbonyl (C=O) groups excluding carboxylic acids is 1. The van der Waals surface area contributed by atoms with Gasteiger partial charge in [-0.3, -0.25) is 4.79 Å². The van der Waals surface area contributed by atoms with E-state index in [1.807, 2.05) is 0 Å². The van der Waals surface area contributed by atoms with Crippen molar-refractivity contribution < 1.29 is 70.7 Å². The van der Waals surface area contributed by atoms with Crippen LogP contribution in [0.4, 0.5) is 65.9 Å². The molecule has 2 aliphatic carbocycles. The lowest BCUT2D eigenvalue weighted by Crippen LogP contribution is -2.73. The molecule has 0 unspecified atom stereocenters. The van der Waals surface area contributed by atoms with Crippen molar-refractivity contribution in [2.75, 3.05) is 0 Å². The maximum absolute atomic E-state index is 14.4. The molecule has 0 atom stereocenters. The molecule has 0 aromatic heterocycles. The van der Waals surface area contributed by atoms with Crippen LogP contribution in [-0.2, 0) is 0 Å². The van der Waals surface area contributed by atoms with E-state index in [0.29, 0.717) is 42.4 Å². The van der Waals surface area contributed by atoms with Gasteiger partial charge in [-0.1, -0.05) is 63.3 Å². The van der Waals surface area contributed by atoms with Gasteiger partial charge in [-0.05, 0) is 67.8 Å². The largest absolute Gasteiger partial charge is 0.460 e. The first-order valence-corrected chi connectivity index (χ1v) is 14.9. The molecule has 1 aromatic carbocycles. The van der Waals surface area contributed by atoms with Crippen LogP contribution in [-0.4, -0.2) is 47.5 Å². The smallest absolute Gasteiger partial charge is 0.287 e. The van der Waals surface area contributed by atoms with Gasteiger partial charge in [0.05, 0.1) is 0 Å². The Morgan fingerprint density at radius 1 is 0.587 bits per heavy atom. The molecule has 0 bridgehead atoms. The van der Waals surface area contributed by atoms with Gasteiger partial charge < -0.3 is 0 Å². The number of unbranched alkanes of at least 4 members (excludes halogenated alkanes) is 1. The van der Waals surface area contributed by atoms with Crippen LogP contribution in [0.15, 0.2) is 24.3 Å². The Labute approximate surface area is 255 Å². The Balaban J connectivity index is 1.72. The van der Waals surface area contributed by atoms with E-state index in [1.54, 1.807) is 0 Å². The highest BCUT2D eigenvalue weighted by Crippen LogP contribution is 2.62. The van der Waals surface area contributed by atoms with Crippen LogP contribution >= 0.6 is 0 Å². The second kappa shape index (κ2) is 13.0. The van der Waals surface area contributed by atoms with Crippen molar-refractivity contribution in [1.29, 1.82) is 0 Å². The molecular formula is C30H33F15O. The van der Waals surface area contributed by atoms with Gasteiger partial charge in [-0.2, -0.15) is 65.9 Å². The van der Waals surface area contributed by atoms with Gasteiger partial charge >= 0.3 is 41.7 Å². The molecule has 16 heteroatoms. The van der Waals surface area contributed by atoms with E-state index in [-0.39, 0.29) is 5.92 Å². The molecule has 0 heterocycles. The fraction of sp³-hybridized carbons (Fsp3) is 0.767. The van der Waals surface area contributed by atoms with Gasteiger partial charge in [0, 0.05) is 5.56 Å². The second-order valence-electron chi connectivity index (χ2n) is 12.4. The van der Waals surface area contributed by atoms with Crippen molar-refractivity contribution in [1.82, 2.24) is 0 Å². The summed E-state index contributed by atoms with van der Waals surface area (Å²) >= 11 is 0. The first-order chi connectivity index (χ1) is 20.9. The highest BCUT2D eigenvalue weighted by atomic mass is 19.4. The van der Waals surface area contributed by atoms with E-state index in [4.69, 9.17) is 0 Å². The average Bonchev–Trinajstić information content (AvgIpc) is 2.99. The van der Waals surface area contributed by atoms with E-state index in [0.717, 1.165) is 63.0 Å². The van der Waals surface area contributed by atoms with Crippen molar-refractivity contribution in [3.63, 3.8) is 0 Å². The molecule has 2 aliphatic rings. The molecule has 0 amide bonds. The lowest BCUT2D eigenvalue weighted by atomic mass is 9.68. The summed E-state index contributed by atoms with van der Waals surface area (Å²) in [5.74, 6) is -49.6. The lowest BCUT2D eigenvalue weighted by Gasteiger charge is -2.41. The van der Waals surface area contributed by atoms with Crippen LogP contribution in [0.2, 0.25) is 0 Å². The van der Waals surface area contributed by atoms with Gasteiger partial charge in [-0.25, -0.2) is 0 Å². The molecule has 2 saturated carbocycles. The minimum Gasteiger partial charge on any atom is -0.287 e. The minimum absolute atomic E-state index is 0.149. The summed E-state index contributed by atoms with van der Waals surface area (Å²) in [6, 6.07) is 3.06. The van der Waals surface area contributed by atoms with E-state index < -0.39 is 53.1 Å². The predicted molar refractivity (Wildman–Crippen MR) is 136 cm³/mol. The molecule has 1 nitrogen and oxygen atoms in total. The normalized spacial score (nSPS) is 24.6. The third-order valence-electron chi connectivity index (χ3n) is 9.55. The van der Waals surface area contributed by atoms with Crippen LogP contribution in [0.3, 0.4) is 0 Å². The van der Waals surface area contributed by atoms with E-state index in [1.165, 1.54) is 12.8 Å². The summed E-state index contributed by atoms with van der Waals surface area (Å²) in [5.41, 5.74) is -0.993. The molecule has 1 aromatic rings. The average molecular weight is 695 g/mol. The van der Waals surface area contributed by atoms with E-state index >= 15 is 0 Å². The Kier molecular flexibility index (Phi) is 10.9. The topological polar surface area (TPSA) is 17.1 Å². The maximum Gasteiger partial charge on any atom is 0.460 e. The Bertz CT molecular complexity index is 1170. The quantitative estimate of drug-likeness (QED) is 0.157. The summed E-state index contributed by atoms with van der Waals surface area (Å²) in [4.78, 5) is 12.2. The molecule has 0 spiro atoms. The first kappa shape index (κ1) is 38.3. The number of Topliss-reactive ketones (excluding diaryl/α,β-unsaturated/α-hetero) is 1. The second-order valence-corrected chi connectivity index (χ2v) is 12.4. The number of hydrogen-bond acceptors (Lipinski definition) is 1. The van der Waals surface area contributed by atoms with Crippen molar-refractivity contribution in [3.8, 4) is 0 Å². The Morgan fingerprint density at radius 3 is 1.43 bits per heavy atom. The minimum atomic E-state index is -8.43. The zero-order chi connectivity index (χ0) is 35.1. The van der Waals surface area contributed by atoms with Gasteiger partial charge in [0.2, 0.25) is 5.78 Å². The number of benzene rings is 1. The molecule has 3 rings (SSSR count). The van der Waals surface area contributed by atoms with Gasteiger partial charge in [-0.15, -0.1) is 0 Å². The number of ketones is 1. The van der Waals surface area contributed by atoms with Crippen LogP contribution < -0.4 is 0 Å². The molecule has 2 fully saturated rings. The van der Waals surface area contributed by atoms with Crippen LogP contribution in [0, 0.1) is 17.8 Å². The van der Waals surface area contributed by atoms with Gasteiger partial charge in [0.15, 0.2) is 0 Å². The molecule has 0 saturated heterocycles. The molecule has 46 heavy (non-hydrogen) atoms. The Morgan fingerprint density at radius 2 is 1.00 bits per heavy atom. The van der Waals surface area contributed by atoms with Crippen molar-refractivity contribution >= 4 is 5.78 Å². The first-order valence-electron chi connectivity index (χ1n) is 14.9.